The number of hydrogen-bond donors (Lipinski definition) is 3. The van der Waals surface area contributed by atoms with E-state index in [4.69, 9.17) is 5.73 Å². The molecule has 0 spiro atoms. The molecule has 1 aromatic heterocycles. The van der Waals surface area contributed by atoms with Crippen molar-refractivity contribution in [1.29, 1.82) is 0 Å². The fourth-order valence-corrected chi connectivity index (χ4v) is 5.27. The van der Waals surface area contributed by atoms with E-state index in [1.807, 2.05) is 0 Å². The first-order valence-electron chi connectivity index (χ1n) is 8.68. The molecule has 4 aliphatic rings. The minimum Gasteiger partial charge on any atom is -0.336 e. The number of aryl methyl sites for hydroxylation is 1. The van der Waals surface area contributed by atoms with Gasteiger partial charge in [-0.2, -0.15) is 5.10 Å². The number of amides is 2. The molecule has 2 amide bonds. The Morgan fingerprint density at radius 3 is 2.48 bits per heavy atom. The monoisotopic (exact) mass is 318 g/mol. The minimum absolute atomic E-state index is 0.184. The maximum atomic E-state index is 12.1. The fourth-order valence-electron chi connectivity index (χ4n) is 5.27. The number of hydrogen-bond acceptors (Lipinski definition) is 4. The van der Waals surface area contributed by atoms with Crippen LogP contribution in [0.2, 0.25) is 0 Å². The van der Waals surface area contributed by atoms with E-state index in [1.54, 1.807) is 18.1 Å². The zero-order valence-electron chi connectivity index (χ0n) is 13.7. The highest BCUT2D eigenvalue weighted by Crippen LogP contribution is 2.57. The third-order valence-corrected chi connectivity index (χ3v) is 6.27. The Morgan fingerprint density at radius 1 is 1.26 bits per heavy atom. The number of carbonyl (C=O) groups excluding carboxylic acids is 1. The van der Waals surface area contributed by atoms with Gasteiger partial charge in [-0.25, -0.2) is 9.78 Å². The first kappa shape index (κ1) is 14.9. The lowest BCUT2D eigenvalue weighted by Gasteiger charge is -2.59. The molecule has 23 heavy (non-hydrogen) atoms. The van der Waals surface area contributed by atoms with Gasteiger partial charge in [0.05, 0.1) is 6.54 Å². The van der Waals surface area contributed by atoms with Crippen LogP contribution in [0, 0.1) is 23.7 Å². The largest absolute Gasteiger partial charge is 0.336 e. The van der Waals surface area contributed by atoms with E-state index in [1.165, 1.54) is 32.1 Å². The highest BCUT2D eigenvalue weighted by molar-refractivity contribution is 5.73. The predicted molar refractivity (Wildman–Crippen MR) is 85.2 cm³/mol. The average molecular weight is 318 g/mol. The summed E-state index contributed by atoms with van der Waals surface area (Å²) >= 11 is 0. The highest BCUT2D eigenvalue weighted by Gasteiger charge is 2.55. The van der Waals surface area contributed by atoms with Crippen molar-refractivity contribution in [3.05, 3.63) is 12.2 Å². The molecule has 1 heterocycles. The number of carbonyl (C=O) groups is 1. The van der Waals surface area contributed by atoms with Crippen molar-refractivity contribution in [2.24, 2.45) is 36.5 Å². The van der Waals surface area contributed by atoms with Crippen molar-refractivity contribution < 1.29 is 4.79 Å². The molecule has 0 saturated heterocycles. The molecule has 7 nitrogen and oxygen atoms in total. The fraction of sp³-hybridized carbons (Fsp3) is 0.812. The molecule has 0 unspecified atom stereocenters. The summed E-state index contributed by atoms with van der Waals surface area (Å²) in [5.74, 6) is 3.55. The highest BCUT2D eigenvalue weighted by atomic mass is 16.2. The standard InChI is InChI=1S/C16H26N6O/c1-22-9-20-14(21-22)7-18-15(23)19-8-16(17)12-3-10-2-11(5-12)6-13(16)4-10/h9-13H,2-8,17H2,1H3,(H2,18,19,23). The third-order valence-electron chi connectivity index (χ3n) is 6.27. The minimum atomic E-state index is -0.214. The Bertz CT molecular complexity index is 569. The average Bonchev–Trinajstić information content (AvgIpc) is 2.93. The van der Waals surface area contributed by atoms with Gasteiger partial charge in [0.1, 0.15) is 6.33 Å². The summed E-state index contributed by atoms with van der Waals surface area (Å²) in [5, 5.41) is 9.94. The Labute approximate surface area is 136 Å². The molecule has 0 aromatic carbocycles. The van der Waals surface area contributed by atoms with Crippen molar-refractivity contribution in [2.75, 3.05) is 6.54 Å². The molecule has 0 atom stereocenters. The lowest BCUT2D eigenvalue weighted by molar-refractivity contribution is -0.0529. The summed E-state index contributed by atoms with van der Waals surface area (Å²) in [6.07, 6.45) is 8.05. The SMILES string of the molecule is Cn1cnc(CNC(=O)NCC2(N)C3CC4CC(C3)CC2C4)n1. The number of nitrogens with one attached hydrogen (secondary N) is 2. The van der Waals surface area contributed by atoms with Crippen molar-refractivity contribution in [3.63, 3.8) is 0 Å². The lowest BCUT2D eigenvalue weighted by Crippen LogP contribution is -2.67. The molecule has 1 aromatic rings. The molecule has 4 N–H and O–H groups in total. The summed E-state index contributed by atoms with van der Waals surface area (Å²) in [4.78, 5) is 16.2. The number of nitrogens with two attached hydrogens (primary N) is 1. The number of rotatable bonds is 4. The Balaban J connectivity index is 1.31. The Hall–Kier alpha value is -1.63. The molecule has 4 saturated carbocycles. The Morgan fingerprint density at radius 2 is 1.91 bits per heavy atom. The summed E-state index contributed by atoms with van der Waals surface area (Å²) in [5.41, 5.74) is 6.57. The second-order valence-electron chi connectivity index (χ2n) is 7.79. The molecule has 5 rings (SSSR count). The van der Waals surface area contributed by atoms with Crippen LogP contribution >= 0.6 is 0 Å². The maximum absolute atomic E-state index is 12.1. The smallest absolute Gasteiger partial charge is 0.315 e. The summed E-state index contributed by atoms with van der Waals surface area (Å²) < 4.78 is 1.62. The zero-order valence-corrected chi connectivity index (χ0v) is 13.7. The normalized spacial score (nSPS) is 37.8. The summed E-state index contributed by atoms with van der Waals surface area (Å²) in [7, 11) is 1.81. The second-order valence-corrected chi connectivity index (χ2v) is 7.79. The van der Waals surface area contributed by atoms with Gasteiger partial charge in [-0.15, -0.1) is 0 Å². The maximum Gasteiger partial charge on any atom is 0.315 e. The molecule has 0 radical (unpaired) electrons. The van der Waals surface area contributed by atoms with Gasteiger partial charge >= 0.3 is 6.03 Å². The van der Waals surface area contributed by atoms with Crippen molar-refractivity contribution >= 4 is 6.03 Å². The van der Waals surface area contributed by atoms with Crippen LogP contribution in [0.1, 0.15) is 37.9 Å². The van der Waals surface area contributed by atoms with Gasteiger partial charge in [0.25, 0.3) is 0 Å². The van der Waals surface area contributed by atoms with Crippen molar-refractivity contribution in [2.45, 2.75) is 44.2 Å². The van der Waals surface area contributed by atoms with Crippen LogP contribution in [0.15, 0.2) is 6.33 Å². The summed E-state index contributed by atoms with van der Waals surface area (Å²) in [6.45, 7) is 0.907. The Kier molecular flexibility index (Phi) is 3.55. The number of urea groups is 1. The zero-order chi connectivity index (χ0) is 16.0. The van der Waals surface area contributed by atoms with Crippen molar-refractivity contribution in [1.82, 2.24) is 25.4 Å². The summed E-state index contributed by atoms with van der Waals surface area (Å²) in [6, 6.07) is -0.184. The molecule has 7 heteroatoms. The van der Waals surface area contributed by atoms with Gasteiger partial charge in [0.2, 0.25) is 0 Å². The molecular weight excluding hydrogens is 292 g/mol. The first-order valence-corrected chi connectivity index (χ1v) is 8.68. The van der Waals surface area contributed by atoms with Gasteiger partial charge in [-0.05, 0) is 55.8 Å². The van der Waals surface area contributed by atoms with Crippen LogP contribution in [0.25, 0.3) is 0 Å². The van der Waals surface area contributed by atoms with Gasteiger partial charge in [-0.1, -0.05) is 0 Å². The van der Waals surface area contributed by atoms with E-state index in [0.717, 1.165) is 11.8 Å². The van der Waals surface area contributed by atoms with Crippen LogP contribution in [-0.2, 0) is 13.6 Å². The molecule has 4 bridgehead atoms. The lowest BCUT2D eigenvalue weighted by atomic mass is 9.49. The quantitative estimate of drug-likeness (QED) is 0.763. The molecular formula is C16H26N6O. The third kappa shape index (κ3) is 2.71. The topological polar surface area (TPSA) is 97.9 Å². The van der Waals surface area contributed by atoms with Gasteiger partial charge in [0.15, 0.2) is 5.82 Å². The van der Waals surface area contributed by atoms with Crippen LogP contribution in [0.4, 0.5) is 4.79 Å². The molecule has 126 valence electrons. The van der Waals surface area contributed by atoms with E-state index < -0.39 is 0 Å². The van der Waals surface area contributed by atoms with E-state index in [2.05, 4.69) is 20.7 Å². The predicted octanol–water partition coefficient (Wildman–Crippen LogP) is 0.768. The molecule has 0 aliphatic heterocycles. The van der Waals surface area contributed by atoms with E-state index >= 15 is 0 Å². The van der Waals surface area contributed by atoms with E-state index in [-0.39, 0.29) is 11.6 Å². The molecule has 4 fully saturated rings. The van der Waals surface area contributed by atoms with Gasteiger partial charge < -0.3 is 16.4 Å². The van der Waals surface area contributed by atoms with Crippen LogP contribution in [0.3, 0.4) is 0 Å². The first-order chi connectivity index (χ1) is 11.0. The number of aromatic nitrogens is 3. The van der Waals surface area contributed by atoms with E-state index in [0.29, 0.717) is 30.7 Å². The van der Waals surface area contributed by atoms with Crippen LogP contribution in [-0.4, -0.2) is 32.9 Å². The van der Waals surface area contributed by atoms with Gasteiger partial charge in [0, 0.05) is 19.1 Å². The van der Waals surface area contributed by atoms with Crippen LogP contribution in [0.5, 0.6) is 0 Å². The number of nitrogens with zero attached hydrogens (tertiary/aromatic N) is 3. The van der Waals surface area contributed by atoms with Gasteiger partial charge in [-0.3, -0.25) is 4.68 Å². The van der Waals surface area contributed by atoms with E-state index in [9.17, 15) is 4.79 Å². The van der Waals surface area contributed by atoms with Crippen molar-refractivity contribution in [3.8, 4) is 0 Å². The van der Waals surface area contributed by atoms with Crippen LogP contribution < -0.4 is 16.4 Å². The second kappa shape index (κ2) is 5.47. The molecule has 4 aliphatic carbocycles.